The van der Waals surface area contributed by atoms with Gasteiger partial charge in [-0.05, 0) is 62.3 Å². The summed E-state index contributed by atoms with van der Waals surface area (Å²) in [7, 11) is 0. The Kier molecular flexibility index (Phi) is 4.21. The van der Waals surface area contributed by atoms with Gasteiger partial charge in [-0.15, -0.1) is 11.3 Å². The molecular weight excluding hydrogens is 306 g/mol. The van der Waals surface area contributed by atoms with E-state index >= 15 is 0 Å². The van der Waals surface area contributed by atoms with E-state index in [0.29, 0.717) is 11.6 Å². The Morgan fingerprint density at radius 1 is 1.30 bits per heavy atom. The number of carbonyl (C=O) groups is 1. The van der Waals surface area contributed by atoms with Gasteiger partial charge in [0, 0.05) is 29.2 Å². The summed E-state index contributed by atoms with van der Waals surface area (Å²) in [5.74, 6) is 0.852. The van der Waals surface area contributed by atoms with Crippen LogP contribution < -0.4 is 0 Å². The minimum atomic E-state index is 0.138. The quantitative estimate of drug-likeness (QED) is 0.937. The Hall–Kier alpha value is -1.62. The number of aromatic amines is 1. The van der Waals surface area contributed by atoms with Crippen molar-refractivity contribution in [2.75, 3.05) is 13.1 Å². The van der Waals surface area contributed by atoms with Crippen LogP contribution in [-0.2, 0) is 19.3 Å². The van der Waals surface area contributed by atoms with Crippen LogP contribution in [0.1, 0.15) is 52.3 Å². The Bertz CT molecular complexity index is 669. The number of piperidine rings is 1. The predicted molar refractivity (Wildman–Crippen MR) is 91.9 cm³/mol. The molecule has 0 atom stereocenters. The molecule has 0 spiro atoms. The van der Waals surface area contributed by atoms with Crippen LogP contribution in [0.25, 0.3) is 0 Å². The fraction of sp³-hybridized carbons (Fsp3) is 0.556. The molecule has 2 aromatic heterocycles. The van der Waals surface area contributed by atoms with Crippen molar-refractivity contribution < 1.29 is 4.79 Å². The minimum absolute atomic E-state index is 0.138. The van der Waals surface area contributed by atoms with E-state index in [1.165, 1.54) is 29.0 Å². The first-order chi connectivity index (χ1) is 11.3. The first-order valence-corrected chi connectivity index (χ1v) is 9.57. The summed E-state index contributed by atoms with van der Waals surface area (Å²) < 4.78 is 0. The molecule has 0 bridgehead atoms. The van der Waals surface area contributed by atoms with E-state index in [1.807, 2.05) is 16.2 Å². The lowest BCUT2D eigenvalue weighted by Gasteiger charge is -2.31. The molecule has 2 aliphatic rings. The molecule has 4 rings (SSSR count). The lowest BCUT2D eigenvalue weighted by atomic mass is 9.92. The predicted octanol–water partition coefficient (Wildman–Crippen LogP) is 3.44. The molecule has 3 heterocycles. The molecule has 4 nitrogen and oxygen atoms in total. The van der Waals surface area contributed by atoms with Crippen LogP contribution >= 0.6 is 11.3 Å². The first-order valence-electron chi connectivity index (χ1n) is 8.69. The Labute approximate surface area is 140 Å². The highest BCUT2D eigenvalue weighted by molar-refractivity contribution is 7.09. The summed E-state index contributed by atoms with van der Waals surface area (Å²) in [5, 5.41) is 9.57. The van der Waals surface area contributed by atoms with Crippen LogP contribution in [0.5, 0.6) is 0 Å². The van der Waals surface area contributed by atoms with Crippen molar-refractivity contribution >= 4 is 17.2 Å². The summed E-state index contributed by atoms with van der Waals surface area (Å²) in [6.07, 6.45) is 7.80. The van der Waals surface area contributed by atoms with E-state index in [9.17, 15) is 4.79 Å². The normalized spacial score (nSPS) is 18.9. The molecule has 122 valence electrons. The number of carbonyl (C=O) groups excluding carboxylic acids is 1. The number of H-pyrrole nitrogens is 1. The number of amides is 1. The van der Waals surface area contributed by atoms with Crippen LogP contribution in [0.2, 0.25) is 0 Å². The topological polar surface area (TPSA) is 49.0 Å². The molecule has 0 saturated carbocycles. The van der Waals surface area contributed by atoms with Crippen molar-refractivity contribution in [2.24, 2.45) is 5.92 Å². The molecule has 0 radical (unpaired) electrons. The average molecular weight is 329 g/mol. The Morgan fingerprint density at radius 3 is 2.91 bits per heavy atom. The molecule has 1 fully saturated rings. The van der Waals surface area contributed by atoms with Gasteiger partial charge in [-0.1, -0.05) is 6.07 Å². The van der Waals surface area contributed by atoms with Crippen molar-refractivity contribution in [2.45, 2.75) is 44.9 Å². The number of hydrogen-bond acceptors (Lipinski definition) is 3. The van der Waals surface area contributed by atoms with E-state index in [-0.39, 0.29) is 5.91 Å². The maximum atomic E-state index is 12.8. The first kappa shape index (κ1) is 14.9. The van der Waals surface area contributed by atoms with E-state index in [2.05, 4.69) is 27.7 Å². The largest absolute Gasteiger partial charge is 0.337 e. The molecule has 0 aromatic carbocycles. The molecule has 1 amide bonds. The van der Waals surface area contributed by atoms with Crippen molar-refractivity contribution in [3.63, 3.8) is 0 Å². The van der Waals surface area contributed by atoms with Crippen LogP contribution in [0.15, 0.2) is 17.5 Å². The molecule has 1 aliphatic carbocycles. The van der Waals surface area contributed by atoms with Crippen molar-refractivity contribution in [1.29, 1.82) is 0 Å². The zero-order chi connectivity index (χ0) is 15.6. The molecule has 2 aromatic rings. The van der Waals surface area contributed by atoms with E-state index in [1.54, 1.807) is 0 Å². The molecule has 23 heavy (non-hydrogen) atoms. The zero-order valence-corrected chi connectivity index (χ0v) is 14.2. The maximum Gasteiger partial charge on any atom is 0.274 e. The van der Waals surface area contributed by atoms with Crippen LogP contribution in [0, 0.1) is 5.92 Å². The average Bonchev–Trinajstić information content (AvgIpc) is 3.24. The fourth-order valence-corrected chi connectivity index (χ4v) is 4.68. The van der Waals surface area contributed by atoms with Crippen LogP contribution in [0.4, 0.5) is 0 Å². The molecule has 1 saturated heterocycles. The maximum absolute atomic E-state index is 12.8. The second-order valence-electron chi connectivity index (χ2n) is 6.76. The van der Waals surface area contributed by atoms with Gasteiger partial charge in [-0.25, -0.2) is 0 Å². The Morgan fingerprint density at radius 2 is 2.13 bits per heavy atom. The number of rotatable bonds is 3. The third kappa shape index (κ3) is 3.07. The molecule has 1 aliphatic heterocycles. The lowest BCUT2D eigenvalue weighted by Crippen LogP contribution is -2.39. The number of hydrogen-bond donors (Lipinski definition) is 1. The van der Waals surface area contributed by atoms with E-state index in [4.69, 9.17) is 0 Å². The molecule has 5 heteroatoms. The highest BCUT2D eigenvalue weighted by Gasteiger charge is 2.28. The number of fused-ring (bicyclic) bond motifs is 1. The van der Waals surface area contributed by atoms with Gasteiger partial charge in [0.25, 0.3) is 5.91 Å². The smallest absolute Gasteiger partial charge is 0.274 e. The van der Waals surface area contributed by atoms with Crippen molar-refractivity contribution in [1.82, 2.24) is 15.1 Å². The van der Waals surface area contributed by atoms with Crippen molar-refractivity contribution in [3.8, 4) is 0 Å². The number of aromatic nitrogens is 2. The zero-order valence-electron chi connectivity index (χ0n) is 13.4. The molecule has 1 N–H and O–H groups in total. The highest BCUT2D eigenvalue weighted by atomic mass is 32.1. The SMILES string of the molecule is O=C(c1n[nH]c2c1CCCC2)N1CCC(Cc2cccs2)CC1. The third-order valence-electron chi connectivity index (χ3n) is 5.23. The van der Waals surface area contributed by atoms with Gasteiger partial charge >= 0.3 is 0 Å². The monoisotopic (exact) mass is 329 g/mol. The van der Waals surface area contributed by atoms with Gasteiger partial charge in [0.1, 0.15) is 0 Å². The highest BCUT2D eigenvalue weighted by Crippen LogP contribution is 2.27. The second kappa shape index (κ2) is 6.48. The number of nitrogens with zero attached hydrogens (tertiary/aromatic N) is 2. The summed E-state index contributed by atoms with van der Waals surface area (Å²) in [4.78, 5) is 16.3. The van der Waals surface area contributed by atoms with E-state index in [0.717, 1.165) is 45.2 Å². The van der Waals surface area contributed by atoms with Crippen LogP contribution in [0.3, 0.4) is 0 Å². The Balaban J connectivity index is 1.38. The van der Waals surface area contributed by atoms with Gasteiger partial charge < -0.3 is 4.90 Å². The van der Waals surface area contributed by atoms with Gasteiger partial charge in [0.2, 0.25) is 0 Å². The standard InChI is InChI=1S/C18H23N3OS/c22-18(17-15-5-1-2-6-16(15)19-20-17)21-9-7-13(8-10-21)12-14-4-3-11-23-14/h3-4,11,13H,1-2,5-10,12H2,(H,19,20). The molecular formula is C18H23N3OS. The summed E-state index contributed by atoms with van der Waals surface area (Å²) in [6.45, 7) is 1.74. The summed E-state index contributed by atoms with van der Waals surface area (Å²) in [6, 6.07) is 4.34. The second-order valence-corrected chi connectivity index (χ2v) is 7.79. The van der Waals surface area contributed by atoms with Gasteiger partial charge in [-0.3, -0.25) is 9.89 Å². The number of nitrogens with one attached hydrogen (secondary N) is 1. The lowest BCUT2D eigenvalue weighted by molar-refractivity contribution is 0.0683. The van der Waals surface area contributed by atoms with Gasteiger partial charge in [0.05, 0.1) is 0 Å². The number of aryl methyl sites for hydroxylation is 1. The molecule has 0 unspecified atom stereocenters. The minimum Gasteiger partial charge on any atom is -0.337 e. The fourth-order valence-electron chi connectivity index (χ4n) is 3.86. The third-order valence-corrected chi connectivity index (χ3v) is 6.13. The van der Waals surface area contributed by atoms with Crippen LogP contribution in [-0.4, -0.2) is 34.1 Å². The summed E-state index contributed by atoms with van der Waals surface area (Å²) in [5.41, 5.74) is 3.06. The summed E-state index contributed by atoms with van der Waals surface area (Å²) >= 11 is 1.84. The van der Waals surface area contributed by atoms with Crippen molar-refractivity contribution in [3.05, 3.63) is 39.3 Å². The number of likely N-dealkylation sites (tertiary alicyclic amines) is 1. The van der Waals surface area contributed by atoms with Gasteiger partial charge in [-0.2, -0.15) is 5.10 Å². The van der Waals surface area contributed by atoms with E-state index < -0.39 is 0 Å². The number of thiophene rings is 1. The van der Waals surface area contributed by atoms with Gasteiger partial charge in [0.15, 0.2) is 5.69 Å².